The van der Waals surface area contributed by atoms with Gasteiger partial charge < -0.3 is 0 Å². The second-order valence-electron chi connectivity index (χ2n) is 1.45. The Morgan fingerprint density at radius 1 is 1.90 bits per heavy atom. The van der Waals surface area contributed by atoms with Gasteiger partial charge in [-0.15, -0.1) is 10.2 Å². The molecule has 1 N–H and O–H groups in total. The molecule has 0 spiro atoms. The Labute approximate surface area is 67.1 Å². The van der Waals surface area contributed by atoms with E-state index in [9.17, 15) is 4.79 Å². The average molecular weight is 175 g/mol. The molecular formula is C4H5N3OS2. The molecule has 54 valence electrons. The van der Waals surface area contributed by atoms with Gasteiger partial charge in [0.15, 0.2) is 0 Å². The van der Waals surface area contributed by atoms with Gasteiger partial charge in [0.05, 0.1) is 5.75 Å². The Morgan fingerprint density at radius 2 is 2.70 bits per heavy atom. The first-order chi connectivity index (χ1) is 4.83. The molecule has 0 saturated heterocycles. The largest absolute Gasteiger partial charge is 0.300 e. The zero-order valence-electron chi connectivity index (χ0n) is 4.94. The zero-order chi connectivity index (χ0) is 7.40. The van der Waals surface area contributed by atoms with E-state index in [1.165, 1.54) is 11.3 Å². The number of carbonyl (C=O) groups excluding carboxylic acids is 1. The van der Waals surface area contributed by atoms with Crippen LogP contribution in [0, 0.1) is 0 Å². The van der Waals surface area contributed by atoms with Crippen LogP contribution in [0.15, 0.2) is 5.51 Å². The standard InChI is InChI=1S/C4H5N3OS2/c8-3(1-9)6-4-7-5-2-10-4/h2,9H,1H2,(H,6,7,8). The molecule has 0 aromatic carbocycles. The van der Waals surface area contributed by atoms with Crippen molar-refractivity contribution in [2.45, 2.75) is 0 Å². The minimum atomic E-state index is -0.167. The fraction of sp³-hybridized carbons (Fsp3) is 0.250. The highest BCUT2D eigenvalue weighted by Crippen LogP contribution is 2.07. The molecule has 1 aromatic rings. The van der Waals surface area contributed by atoms with E-state index in [1.807, 2.05) is 0 Å². The van der Waals surface area contributed by atoms with Crippen molar-refractivity contribution in [1.82, 2.24) is 10.2 Å². The van der Waals surface area contributed by atoms with Gasteiger partial charge in [-0.3, -0.25) is 10.1 Å². The van der Waals surface area contributed by atoms with E-state index in [1.54, 1.807) is 5.51 Å². The number of amides is 1. The number of aromatic nitrogens is 2. The molecule has 6 heteroatoms. The van der Waals surface area contributed by atoms with Gasteiger partial charge in [0, 0.05) is 0 Å². The van der Waals surface area contributed by atoms with Crippen LogP contribution in [-0.2, 0) is 4.79 Å². The number of nitrogens with one attached hydrogen (secondary N) is 1. The smallest absolute Gasteiger partial charge is 0.235 e. The van der Waals surface area contributed by atoms with E-state index in [-0.39, 0.29) is 11.7 Å². The average Bonchev–Trinajstić information content (AvgIpc) is 2.40. The maximum Gasteiger partial charge on any atom is 0.235 e. The third-order valence-electron chi connectivity index (χ3n) is 0.750. The molecule has 0 radical (unpaired) electrons. The monoisotopic (exact) mass is 175 g/mol. The predicted octanol–water partition coefficient (Wildman–Crippen LogP) is 0.406. The predicted molar refractivity (Wildman–Crippen MR) is 42.4 cm³/mol. The molecule has 1 rings (SSSR count). The van der Waals surface area contributed by atoms with Gasteiger partial charge in [0.1, 0.15) is 5.51 Å². The van der Waals surface area contributed by atoms with Crippen molar-refractivity contribution in [3.8, 4) is 0 Å². The van der Waals surface area contributed by atoms with Crippen LogP contribution in [0.2, 0.25) is 0 Å². The molecule has 0 aliphatic heterocycles. The van der Waals surface area contributed by atoms with Crippen LogP contribution in [0.25, 0.3) is 0 Å². The van der Waals surface area contributed by atoms with Crippen molar-refractivity contribution < 1.29 is 4.79 Å². The van der Waals surface area contributed by atoms with Crippen LogP contribution in [0.4, 0.5) is 5.13 Å². The summed E-state index contributed by atoms with van der Waals surface area (Å²) in [4.78, 5) is 10.6. The molecule has 1 heterocycles. The van der Waals surface area contributed by atoms with Gasteiger partial charge in [0.25, 0.3) is 0 Å². The van der Waals surface area contributed by atoms with Crippen molar-refractivity contribution >= 4 is 35.0 Å². The van der Waals surface area contributed by atoms with Crippen LogP contribution in [0.1, 0.15) is 0 Å². The number of rotatable bonds is 2. The van der Waals surface area contributed by atoms with Crippen molar-refractivity contribution in [3.05, 3.63) is 5.51 Å². The Balaban J connectivity index is 2.48. The summed E-state index contributed by atoms with van der Waals surface area (Å²) in [6.45, 7) is 0. The second kappa shape index (κ2) is 3.52. The van der Waals surface area contributed by atoms with Crippen LogP contribution < -0.4 is 5.32 Å². The second-order valence-corrected chi connectivity index (χ2v) is 2.60. The highest BCUT2D eigenvalue weighted by molar-refractivity contribution is 7.81. The molecule has 0 aliphatic carbocycles. The van der Waals surface area contributed by atoms with E-state index < -0.39 is 0 Å². The minimum Gasteiger partial charge on any atom is -0.300 e. The van der Waals surface area contributed by atoms with Gasteiger partial charge in [-0.25, -0.2) is 0 Å². The molecule has 1 amide bonds. The van der Waals surface area contributed by atoms with Gasteiger partial charge in [-0.05, 0) is 0 Å². The lowest BCUT2D eigenvalue weighted by Crippen LogP contribution is -2.12. The third kappa shape index (κ3) is 1.96. The summed E-state index contributed by atoms with van der Waals surface area (Å²) in [5, 5.41) is 10.2. The lowest BCUT2D eigenvalue weighted by atomic mass is 10.7. The fourth-order valence-electron chi connectivity index (χ4n) is 0.386. The van der Waals surface area contributed by atoms with Crippen LogP contribution in [0.3, 0.4) is 0 Å². The Hall–Kier alpha value is -0.620. The van der Waals surface area contributed by atoms with Gasteiger partial charge in [-0.2, -0.15) is 12.6 Å². The van der Waals surface area contributed by atoms with Crippen molar-refractivity contribution in [3.63, 3.8) is 0 Å². The summed E-state index contributed by atoms with van der Waals surface area (Å²) < 4.78 is 0. The zero-order valence-corrected chi connectivity index (χ0v) is 6.65. The van der Waals surface area contributed by atoms with E-state index in [0.717, 1.165) is 0 Å². The van der Waals surface area contributed by atoms with Crippen molar-refractivity contribution in [1.29, 1.82) is 0 Å². The molecule has 0 aliphatic rings. The summed E-state index contributed by atoms with van der Waals surface area (Å²) in [5.41, 5.74) is 1.55. The quantitative estimate of drug-likeness (QED) is 0.640. The minimum absolute atomic E-state index is 0.166. The first-order valence-corrected chi connectivity index (χ1v) is 4.01. The summed E-state index contributed by atoms with van der Waals surface area (Å²) in [6, 6.07) is 0. The number of thiol groups is 1. The number of hydrogen-bond donors (Lipinski definition) is 2. The molecule has 4 nitrogen and oxygen atoms in total. The number of nitrogens with zero attached hydrogens (tertiary/aromatic N) is 2. The molecular weight excluding hydrogens is 170 g/mol. The maximum absolute atomic E-state index is 10.6. The van der Waals surface area contributed by atoms with Crippen LogP contribution in [-0.4, -0.2) is 21.9 Å². The fourth-order valence-corrected chi connectivity index (χ4v) is 0.927. The highest BCUT2D eigenvalue weighted by atomic mass is 32.1. The van der Waals surface area contributed by atoms with Crippen LogP contribution >= 0.6 is 24.0 Å². The van der Waals surface area contributed by atoms with E-state index in [0.29, 0.717) is 5.13 Å². The Kier molecular flexibility index (Phi) is 2.64. The molecule has 1 aromatic heterocycles. The SMILES string of the molecule is O=C(CS)Nc1nncs1. The van der Waals surface area contributed by atoms with Crippen LogP contribution in [0.5, 0.6) is 0 Å². The Bertz CT molecular complexity index is 210. The summed E-state index contributed by atoms with van der Waals surface area (Å²) in [5.74, 6) is -0.000340. The summed E-state index contributed by atoms with van der Waals surface area (Å²) >= 11 is 5.05. The summed E-state index contributed by atoms with van der Waals surface area (Å²) in [7, 11) is 0. The van der Waals surface area contributed by atoms with E-state index in [2.05, 4.69) is 28.1 Å². The molecule has 0 fully saturated rings. The van der Waals surface area contributed by atoms with Gasteiger partial charge >= 0.3 is 0 Å². The first-order valence-electron chi connectivity index (χ1n) is 2.50. The van der Waals surface area contributed by atoms with Gasteiger partial charge in [0.2, 0.25) is 11.0 Å². The number of anilines is 1. The van der Waals surface area contributed by atoms with E-state index in [4.69, 9.17) is 0 Å². The number of carbonyl (C=O) groups is 1. The van der Waals surface area contributed by atoms with Gasteiger partial charge in [-0.1, -0.05) is 11.3 Å². The molecule has 0 bridgehead atoms. The van der Waals surface area contributed by atoms with E-state index >= 15 is 0 Å². The third-order valence-corrected chi connectivity index (χ3v) is 1.64. The normalized spacial score (nSPS) is 9.30. The highest BCUT2D eigenvalue weighted by Gasteiger charge is 1.99. The lowest BCUT2D eigenvalue weighted by Gasteiger charge is -1.93. The Morgan fingerprint density at radius 3 is 3.20 bits per heavy atom. The maximum atomic E-state index is 10.6. The van der Waals surface area contributed by atoms with Crippen molar-refractivity contribution in [2.75, 3.05) is 11.1 Å². The lowest BCUT2D eigenvalue weighted by molar-refractivity contribution is -0.113. The molecule has 0 saturated carbocycles. The first kappa shape index (κ1) is 7.49. The molecule has 0 atom stereocenters. The topological polar surface area (TPSA) is 54.9 Å². The molecule has 10 heavy (non-hydrogen) atoms. The summed E-state index contributed by atoms with van der Waals surface area (Å²) in [6.07, 6.45) is 0. The number of hydrogen-bond acceptors (Lipinski definition) is 5. The molecule has 0 unspecified atom stereocenters. The van der Waals surface area contributed by atoms with Crippen molar-refractivity contribution in [2.24, 2.45) is 0 Å².